The van der Waals surface area contributed by atoms with Crippen LogP contribution in [0.5, 0.6) is 5.88 Å². The molecular weight excluding hydrogens is 412 g/mol. The van der Waals surface area contributed by atoms with Crippen molar-refractivity contribution in [1.29, 1.82) is 0 Å². The van der Waals surface area contributed by atoms with Gasteiger partial charge < -0.3 is 15.0 Å². The van der Waals surface area contributed by atoms with Crippen LogP contribution in [-0.4, -0.2) is 57.0 Å². The van der Waals surface area contributed by atoms with Gasteiger partial charge in [0, 0.05) is 18.9 Å². The number of carbonyl (C=O) groups excluding carboxylic acids is 1. The SMILES string of the molecule is CCOc1cncc(-c2cnc(C(=O)N[C@H](CN3CCCC3)c3cc(C)ccn3)s2)n1. The van der Waals surface area contributed by atoms with Crippen molar-refractivity contribution in [1.82, 2.24) is 30.2 Å². The third kappa shape index (κ3) is 5.42. The van der Waals surface area contributed by atoms with E-state index in [4.69, 9.17) is 4.74 Å². The summed E-state index contributed by atoms with van der Waals surface area (Å²) in [6.45, 7) is 7.28. The number of carbonyl (C=O) groups is 1. The van der Waals surface area contributed by atoms with Gasteiger partial charge in [0.25, 0.3) is 5.91 Å². The summed E-state index contributed by atoms with van der Waals surface area (Å²) >= 11 is 1.29. The summed E-state index contributed by atoms with van der Waals surface area (Å²) in [5.74, 6) is 0.244. The minimum absolute atomic E-state index is 0.195. The van der Waals surface area contributed by atoms with Crippen LogP contribution in [0.25, 0.3) is 10.6 Å². The summed E-state index contributed by atoms with van der Waals surface area (Å²) in [6, 6.07) is 3.80. The summed E-state index contributed by atoms with van der Waals surface area (Å²) in [5, 5.41) is 3.53. The number of amides is 1. The van der Waals surface area contributed by atoms with E-state index in [0.29, 0.717) is 23.2 Å². The van der Waals surface area contributed by atoms with Crippen LogP contribution in [0.1, 0.15) is 46.9 Å². The van der Waals surface area contributed by atoms with E-state index in [0.717, 1.165) is 35.8 Å². The highest BCUT2D eigenvalue weighted by Crippen LogP contribution is 2.26. The maximum absolute atomic E-state index is 13.0. The first-order valence-corrected chi connectivity index (χ1v) is 11.3. The summed E-state index contributed by atoms with van der Waals surface area (Å²) in [6.07, 6.45) is 9.04. The molecule has 8 nitrogen and oxygen atoms in total. The third-order valence-electron chi connectivity index (χ3n) is 5.10. The van der Waals surface area contributed by atoms with E-state index >= 15 is 0 Å². The summed E-state index contributed by atoms with van der Waals surface area (Å²) < 4.78 is 5.42. The Morgan fingerprint density at radius 1 is 1.26 bits per heavy atom. The van der Waals surface area contributed by atoms with Crippen molar-refractivity contribution in [3.05, 3.63) is 53.2 Å². The second-order valence-corrected chi connectivity index (χ2v) is 8.53. The average Bonchev–Trinajstić information content (AvgIpc) is 3.46. The van der Waals surface area contributed by atoms with Crippen molar-refractivity contribution >= 4 is 17.2 Å². The molecule has 0 radical (unpaired) electrons. The van der Waals surface area contributed by atoms with Crippen LogP contribution in [0.15, 0.2) is 36.9 Å². The Balaban J connectivity index is 1.51. The zero-order valence-electron chi connectivity index (χ0n) is 17.7. The molecule has 4 heterocycles. The highest BCUT2D eigenvalue weighted by molar-refractivity contribution is 7.16. The van der Waals surface area contributed by atoms with Crippen molar-refractivity contribution in [2.45, 2.75) is 32.7 Å². The molecule has 1 aliphatic rings. The minimum Gasteiger partial charge on any atom is -0.477 e. The van der Waals surface area contributed by atoms with Crippen LogP contribution in [0, 0.1) is 6.92 Å². The van der Waals surface area contributed by atoms with E-state index in [1.165, 1.54) is 24.2 Å². The number of nitrogens with one attached hydrogen (secondary N) is 1. The number of hydrogen-bond acceptors (Lipinski definition) is 8. The molecule has 1 fully saturated rings. The molecule has 1 atom stereocenters. The van der Waals surface area contributed by atoms with Crippen LogP contribution in [0.2, 0.25) is 0 Å². The first-order chi connectivity index (χ1) is 15.1. The number of pyridine rings is 1. The Labute approximate surface area is 185 Å². The fourth-order valence-corrected chi connectivity index (χ4v) is 4.36. The lowest BCUT2D eigenvalue weighted by Gasteiger charge is -2.24. The Morgan fingerprint density at radius 3 is 2.87 bits per heavy atom. The van der Waals surface area contributed by atoms with Crippen molar-refractivity contribution in [3.8, 4) is 16.5 Å². The van der Waals surface area contributed by atoms with Gasteiger partial charge in [-0.05, 0) is 57.5 Å². The largest absolute Gasteiger partial charge is 0.477 e. The Hall–Kier alpha value is -2.91. The van der Waals surface area contributed by atoms with E-state index in [1.54, 1.807) is 24.8 Å². The molecule has 1 aliphatic heterocycles. The van der Waals surface area contributed by atoms with Crippen LogP contribution in [-0.2, 0) is 0 Å². The maximum Gasteiger partial charge on any atom is 0.280 e. The Bertz CT molecular complexity index is 1030. The molecular formula is C22H26N6O2S. The van der Waals surface area contributed by atoms with E-state index in [9.17, 15) is 4.79 Å². The van der Waals surface area contributed by atoms with Gasteiger partial charge in [-0.25, -0.2) is 9.97 Å². The highest BCUT2D eigenvalue weighted by Gasteiger charge is 2.24. The number of likely N-dealkylation sites (tertiary alicyclic amines) is 1. The molecule has 0 unspecified atom stereocenters. The lowest BCUT2D eigenvalue weighted by atomic mass is 10.1. The minimum atomic E-state index is -0.210. The van der Waals surface area contributed by atoms with Gasteiger partial charge in [0.1, 0.15) is 5.69 Å². The van der Waals surface area contributed by atoms with Gasteiger partial charge in [-0.2, -0.15) is 0 Å². The zero-order valence-corrected chi connectivity index (χ0v) is 18.6. The lowest BCUT2D eigenvalue weighted by Crippen LogP contribution is -2.37. The van der Waals surface area contributed by atoms with Crippen LogP contribution in [0.3, 0.4) is 0 Å². The molecule has 0 spiro atoms. The Kier molecular flexibility index (Phi) is 6.83. The molecule has 162 valence electrons. The van der Waals surface area contributed by atoms with Crippen LogP contribution in [0.4, 0.5) is 0 Å². The molecule has 4 rings (SSSR count). The monoisotopic (exact) mass is 438 g/mol. The molecule has 0 bridgehead atoms. The summed E-state index contributed by atoms with van der Waals surface area (Å²) in [5.41, 5.74) is 2.62. The van der Waals surface area contributed by atoms with Gasteiger partial charge in [-0.1, -0.05) is 0 Å². The first kappa shape index (κ1) is 21.3. The van der Waals surface area contributed by atoms with E-state index in [-0.39, 0.29) is 11.9 Å². The quantitative estimate of drug-likeness (QED) is 0.577. The van der Waals surface area contributed by atoms with Crippen molar-refractivity contribution < 1.29 is 9.53 Å². The molecule has 0 aromatic carbocycles. The second kappa shape index (κ2) is 9.93. The normalized spacial score (nSPS) is 15.0. The molecule has 3 aromatic heterocycles. The number of nitrogens with zero attached hydrogens (tertiary/aromatic N) is 5. The third-order valence-corrected chi connectivity index (χ3v) is 6.11. The molecule has 0 aliphatic carbocycles. The topological polar surface area (TPSA) is 93.1 Å². The molecule has 1 amide bonds. The molecule has 1 saturated heterocycles. The van der Waals surface area contributed by atoms with Gasteiger partial charge in [-0.15, -0.1) is 11.3 Å². The molecule has 9 heteroatoms. The molecule has 0 saturated carbocycles. The van der Waals surface area contributed by atoms with E-state index in [2.05, 4.69) is 30.2 Å². The number of hydrogen-bond donors (Lipinski definition) is 1. The fraction of sp³-hybridized carbons (Fsp3) is 0.409. The standard InChI is InChI=1S/C22H26N6O2S/c1-3-30-20-13-23-11-17(26-20)19-12-25-22(31-19)21(29)27-18(14-28-8-4-5-9-28)16-10-15(2)6-7-24-16/h6-7,10-13,18H,3-5,8-9,14H2,1-2H3,(H,27,29)/t18-/m1/s1. The number of aromatic nitrogens is 4. The van der Waals surface area contributed by atoms with Crippen molar-refractivity contribution in [2.75, 3.05) is 26.2 Å². The van der Waals surface area contributed by atoms with Crippen LogP contribution >= 0.6 is 11.3 Å². The van der Waals surface area contributed by atoms with Gasteiger partial charge in [0.05, 0.1) is 35.6 Å². The predicted molar refractivity (Wildman–Crippen MR) is 119 cm³/mol. The number of thiazole rings is 1. The number of aryl methyl sites for hydroxylation is 1. The molecule has 31 heavy (non-hydrogen) atoms. The van der Waals surface area contributed by atoms with Crippen LogP contribution < -0.4 is 10.1 Å². The van der Waals surface area contributed by atoms with Gasteiger partial charge in [0.2, 0.25) is 5.88 Å². The molecule has 1 N–H and O–H groups in total. The van der Waals surface area contributed by atoms with Gasteiger partial charge in [-0.3, -0.25) is 14.8 Å². The van der Waals surface area contributed by atoms with E-state index in [1.807, 2.05) is 26.0 Å². The predicted octanol–water partition coefficient (Wildman–Crippen LogP) is 3.27. The summed E-state index contributed by atoms with van der Waals surface area (Å²) in [7, 11) is 0. The number of ether oxygens (including phenoxy) is 1. The smallest absolute Gasteiger partial charge is 0.280 e. The van der Waals surface area contributed by atoms with Gasteiger partial charge >= 0.3 is 0 Å². The second-order valence-electron chi connectivity index (χ2n) is 7.50. The molecule has 3 aromatic rings. The highest BCUT2D eigenvalue weighted by atomic mass is 32.1. The van der Waals surface area contributed by atoms with Crippen molar-refractivity contribution in [3.63, 3.8) is 0 Å². The van der Waals surface area contributed by atoms with Gasteiger partial charge in [0.15, 0.2) is 5.01 Å². The lowest BCUT2D eigenvalue weighted by molar-refractivity contribution is 0.0925. The maximum atomic E-state index is 13.0. The van der Waals surface area contributed by atoms with Crippen molar-refractivity contribution in [2.24, 2.45) is 0 Å². The first-order valence-electron chi connectivity index (χ1n) is 10.5. The van der Waals surface area contributed by atoms with E-state index < -0.39 is 0 Å². The summed E-state index contributed by atoms with van der Waals surface area (Å²) in [4.78, 5) is 33.6. The number of rotatable bonds is 8. The zero-order chi connectivity index (χ0) is 21.6. The average molecular weight is 439 g/mol. The fourth-order valence-electron chi connectivity index (χ4n) is 3.59. The Morgan fingerprint density at radius 2 is 2.10 bits per heavy atom.